The number of aryl methyl sites for hydroxylation is 1. The number of imidazole rings is 1. The smallest absolute Gasteiger partial charge is 0.287 e. The molecule has 5 rings (SSSR count). The number of hydrogen-bond acceptors (Lipinski definition) is 3. The average Bonchev–Trinajstić information content (AvgIpc) is 3.59. The SMILES string of the molecule is Cc1ccc(-c2ncn(C3CCCC3)c2-c2ccc(C(=O)NCc3ccccc3F)o2)cc1. The van der Waals surface area contributed by atoms with Crippen LogP contribution in [-0.4, -0.2) is 15.5 Å². The van der Waals surface area contributed by atoms with Gasteiger partial charge in [0.2, 0.25) is 0 Å². The van der Waals surface area contributed by atoms with Crippen LogP contribution in [0.1, 0.15) is 53.4 Å². The number of aromatic nitrogens is 2. The van der Waals surface area contributed by atoms with Crippen molar-refractivity contribution in [1.82, 2.24) is 14.9 Å². The van der Waals surface area contributed by atoms with Crippen molar-refractivity contribution in [1.29, 1.82) is 0 Å². The highest BCUT2D eigenvalue weighted by Gasteiger charge is 2.25. The van der Waals surface area contributed by atoms with E-state index in [1.165, 1.54) is 24.5 Å². The summed E-state index contributed by atoms with van der Waals surface area (Å²) >= 11 is 0. The van der Waals surface area contributed by atoms with Crippen LogP contribution in [-0.2, 0) is 6.54 Å². The molecule has 168 valence electrons. The summed E-state index contributed by atoms with van der Waals surface area (Å²) in [7, 11) is 0. The second-order valence-electron chi connectivity index (χ2n) is 8.59. The number of nitrogens with one attached hydrogen (secondary N) is 1. The van der Waals surface area contributed by atoms with E-state index in [-0.39, 0.29) is 24.0 Å². The van der Waals surface area contributed by atoms with Gasteiger partial charge in [0.05, 0.1) is 12.0 Å². The number of amides is 1. The number of furan rings is 1. The fourth-order valence-corrected chi connectivity index (χ4v) is 4.48. The predicted molar refractivity (Wildman–Crippen MR) is 125 cm³/mol. The molecule has 33 heavy (non-hydrogen) atoms. The molecule has 2 aromatic heterocycles. The molecule has 0 radical (unpaired) electrons. The molecule has 0 spiro atoms. The Balaban J connectivity index is 1.45. The van der Waals surface area contributed by atoms with Crippen molar-refractivity contribution in [2.45, 2.75) is 45.2 Å². The number of halogens is 1. The number of benzene rings is 2. The molecule has 0 atom stereocenters. The molecule has 0 saturated heterocycles. The summed E-state index contributed by atoms with van der Waals surface area (Å²) in [5.41, 5.74) is 4.35. The summed E-state index contributed by atoms with van der Waals surface area (Å²) in [6, 6.07) is 18.5. The number of hydrogen-bond donors (Lipinski definition) is 1. The van der Waals surface area contributed by atoms with E-state index in [1.807, 2.05) is 12.4 Å². The third-order valence-electron chi connectivity index (χ3n) is 6.30. The van der Waals surface area contributed by atoms with Crippen molar-refractivity contribution in [3.05, 3.63) is 89.7 Å². The highest BCUT2D eigenvalue weighted by molar-refractivity contribution is 5.92. The van der Waals surface area contributed by atoms with Gasteiger partial charge in [-0.05, 0) is 38.0 Å². The lowest BCUT2D eigenvalue weighted by molar-refractivity contribution is 0.0923. The second kappa shape index (κ2) is 9.06. The zero-order valence-corrected chi connectivity index (χ0v) is 18.6. The maximum atomic E-state index is 13.9. The normalized spacial score (nSPS) is 14.0. The maximum absolute atomic E-state index is 13.9. The number of rotatable bonds is 6. The average molecular weight is 444 g/mol. The highest BCUT2D eigenvalue weighted by Crippen LogP contribution is 2.39. The van der Waals surface area contributed by atoms with Crippen LogP contribution in [0.2, 0.25) is 0 Å². The van der Waals surface area contributed by atoms with Crippen molar-refractivity contribution in [3.8, 4) is 22.7 Å². The Labute approximate surface area is 192 Å². The molecule has 0 aliphatic heterocycles. The van der Waals surface area contributed by atoms with E-state index >= 15 is 0 Å². The number of nitrogens with zero attached hydrogens (tertiary/aromatic N) is 2. The molecular weight excluding hydrogens is 417 g/mol. The van der Waals surface area contributed by atoms with E-state index < -0.39 is 0 Å². The molecule has 1 aliphatic carbocycles. The van der Waals surface area contributed by atoms with E-state index in [0.717, 1.165) is 29.8 Å². The fourth-order valence-electron chi connectivity index (χ4n) is 4.48. The summed E-state index contributed by atoms with van der Waals surface area (Å²) in [5, 5.41) is 2.74. The number of carbonyl (C=O) groups excluding carboxylic acids is 1. The Morgan fingerprint density at radius 1 is 1.09 bits per heavy atom. The van der Waals surface area contributed by atoms with Gasteiger partial charge in [0, 0.05) is 23.7 Å². The first-order valence-corrected chi connectivity index (χ1v) is 11.4. The molecule has 5 nitrogen and oxygen atoms in total. The van der Waals surface area contributed by atoms with Gasteiger partial charge in [-0.2, -0.15) is 0 Å². The first kappa shape index (κ1) is 21.2. The van der Waals surface area contributed by atoms with Crippen LogP contribution in [0.4, 0.5) is 4.39 Å². The molecule has 6 heteroatoms. The third kappa shape index (κ3) is 4.33. The molecule has 2 aromatic carbocycles. The molecule has 0 unspecified atom stereocenters. The molecule has 0 bridgehead atoms. The molecular formula is C27H26FN3O2. The molecule has 1 amide bonds. The Hall–Kier alpha value is -3.67. The minimum atomic E-state index is -0.381. The van der Waals surface area contributed by atoms with Gasteiger partial charge < -0.3 is 14.3 Å². The molecule has 1 saturated carbocycles. The van der Waals surface area contributed by atoms with Gasteiger partial charge in [0.25, 0.3) is 5.91 Å². The van der Waals surface area contributed by atoms with Crippen LogP contribution in [0.3, 0.4) is 0 Å². The van der Waals surface area contributed by atoms with E-state index in [1.54, 1.807) is 24.3 Å². The van der Waals surface area contributed by atoms with Crippen LogP contribution in [0.25, 0.3) is 22.7 Å². The topological polar surface area (TPSA) is 60.1 Å². The van der Waals surface area contributed by atoms with E-state index in [4.69, 9.17) is 9.40 Å². The quantitative estimate of drug-likeness (QED) is 0.380. The summed E-state index contributed by atoms with van der Waals surface area (Å²) in [6.45, 7) is 2.15. The van der Waals surface area contributed by atoms with Gasteiger partial charge in [-0.15, -0.1) is 0 Å². The monoisotopic (exact) mass is 443 g/mol. The standard InChI is InChI=1S/C27H26FN3O2/c1-18-10-12-19(13-11-18)25-26(31(17-30-25)21-7-3-4-8-21)23-14-15-24(33-23)27(32)29-16-20-6-2-5-9-22(20)28/h2,5-6,9-15,17,21H,3-4,7-8,16H2,1H3,(H,29,32). The van der Waals surface area contributed by atoms with Crippen molar-refractivity contribution in [2.24, 2.45) is 0 Å². The first-order chi connectivity index (χ1) is 16.1. The fraction of sp³-hybridized carbons (Fsp3) is 0.259. The molecule has 2 heterocycles. The molecule has 1 N–H and O–H groups in total. The summed E-state index contributed by atoms with van der Waals surface area (Å²) in [5.74, 6) is 0.0656. The predicted octanol–water partition coefficient (Wildman–Crippen LogP) is 6.30. The van der Waals surface area contributed by atoms with Crippen LogP contribution in [0.15, 0.2) is 71.4 Å². The minimum Gasteiger partial charge on any atom is -0.449 e. The summed E-state index contributed by atoms with van der Waals surface area (Å²) in [6.07, 6.45) is 6.50. The van der Waals surface area contributed by atoms with Crippen molar-refractivity contribution < 1.29 is 13.6 Å². The van der Waals surface area contributed by atoms with Crippen LogP contribution >= 0.6 is 0 Å². The van der Waals surface area contributed by atoms with Crippen molar-refractivity contribution in [3.63, 3.8) is 0 Å². The third-order valence-corrected chi connectivity index (χ3v) is 6.30. The highest BCUT2D eigenvalue weighted by atomic mass is 19.1. The minimum absolute atomic E-state index is 0.0934. The van der Waals surface area contributed by atoms with Gasteiger partial charge in [0.1, 0.15) is 11.5 Å². The zero-order chi connectivity index (χ0) is 22.8. The van der Waals surface area contributed by atoms with Gasteiger partial charge in [-0.1, -0.05) is 60.9 Å². The van der Waals surface area contributed by atoms with E-state index in [0.29, 0.717) is 17.4 Å². The first-order valence-electron chi connectivity index (χ1n) is 11.4. The van der Waals surface area contributed by atoms with Gasteiger partial charge >= 0.3 is 0 Å². The largest absolute Gasteiger partial charge is 0.449 e. The Morgan fingerprint density at radius 3 is 2.61 bits per heavy atom. The van der Waals surface area contributed by atoms with Crippen LogP contribution < -0.4 is 5.32 Å². The number of carbonyl (C=O) groups is 1. The Morgan fingerprint density at radius 2 is 1.85 bits per heavy atom. The van der Waals surface area contributed by atoms with Gasteiger partial charge in [0.15, 0.2) is 11.5 Å². The van der Waals surface area contributed by atoms with Gasteiger partial charge in [-0.25, -0.2) is 9.37 Å². The molecule has 4 aromatic rings. The zero-order valence-electron chi connectivity index (χ0n) is 18.6. The molecule has 1 fully saturated rings. The Kier molecular flexibility index (Phi) is 5.82. The van der Waals surface area contributed by atoms with E-state index in [2.05, 4.69) is 41.1 Å². The Bertz CT molecular complexity index is 1270. The maximum Gasteiger partial charge on any atom is 0.287 e. The lowest BCUT2D eigenvalue weighted by Gasteiger charge is -2.15. The van der Waals surface area contributed by atoms with Gasteiger partial charge in [-0.3, -0.25) is 4.79 Å². The van der Waals surface area contributed by atoms with Crippen LogP contribution in [0.5, 0.6) is 0 Å². The lowest BCUT2D eigenvalue weighted by Crippen LogP contribution is -2.22. The van der Waals surface area contributed by atoms with Crippen LogP contribution in [0, 0.1) is 12.7 Å². The summed E-state index contributed by atoms with van der Waals surface area (Å²) in [4.78, 5) is 17.4. The van der Waals surface area contributed by atoms with Crippen molar-refractivity contribution in [2.75, 3.05) is 0 Å². The van der Waals surface area contributed by atoms with Crippen molar-refractivity contribution >= 4 is 5.91 Å². The molecule has 1 aliphatic rings. The van der Waals surface area contributed by atoms with E-state index in [9.17, 15) is 9.18 Å². The second-order valence-corrected chi connectivity index (χ2v) is 8.59. The summed E-state index contributed by atoms with van der Waals surface area (Å²) < 4.78 is 22.1. The lowest BCUT2D eigenvalue weighted by atomic mass is 10.1.